The SMILES string of the molecule is CCSCCC(CNCCOC)Cc1cccc(C)c1. The molecule has 2 nitrogen and oxygen atoms in total. The molecule has 0 saturated heterocycles. The molecule has 0 amide bonds. The van der Waals surface area contributed by atoms with Gasteiger partial charge in [0.15, 0.2) is 0 Å². The maximum Gasteiger partial charge on any atom is 0.0587 e. The van der Waals surface area contributed by atoms with Gasteiger partial charge in [-0.3, -0.25) is 0 Å². The number of rotatable bonds is 11. The van der Waals surface area contributed by atoms with Crippen molar-refractivity contribution in [1.29, 1.82) is 0 Å². The van der Waals surface area contributed by atoms with Crippen molar-refractivity contribution >= 4 is 11.8 Å². The van der Waals surface area contributed by atoms with Gasteiger partial charge in [0.1, 0.15) is 0 Å². The highest BCUT2D eigenvalue weighted by Crippen LogP contribution is 2.16. The van der Waals surface area contributed by atoms with E-state index in [1.807, 2.05) is 11.8 Å². The number of hydrogen-bond donors (Lipinski definition) is 1. The van der Waals surface area contributed by atoms with E-state index in [9.17, 15) is 0 Å². The van der Waals surface area contributed by atoms with Crippen LogP contribution < -0.4 is 5.32 Å². The molecule has 1 aromatic carbocycles. The van der Waals surface area contributed by atoms with Crippen molar-refractivity contribution in [3.63, 3.8) is 0 Å². The number of thioether (sulfide) groups is 1. The Kier molecular flexibility index (Phi) is 9.81. The first kappa shape index (κ1) is 17.5. The third-order valence-electron chi connectivity index (χ3n) is 3.40. The molecule has 0 aromatic heterocycles. The van der Waals surface area contributed by atoms with Gasteiger partial charge in [0.2, 0.25) is 0 Å². The average Bonchev–Trinajstić information content (AvgIpc) is 2.43. The zero-order chi connectivity index (χ0) is 14.6. The highest BCUT2D eigenvalue weighted by atomic mass is 32.2. The first-order valence-electron chi connectivity index (χ1n) is 7.59. The Morgan fingerprint density at radius 1 is 1.35 bits per heavy atom. The topological polar surface area (TPSA) is 21.3 Å². The summed E-state index contributed by atoms with van der Waals surface area (Å²) in [6.07, 6.45) is 2.46. The second kappa shape index (κ2) is 11.2. The summed E-state index contributed by atoms with van der Waals surface area (Å²) < 4.78 is 5.09. The predicted octanol–water partition coefficient (Wildman–Crippen LogP) is 3.53. The molecule has 0 spiro atoms. The standard InChI is InChI=1S/C17H29NOS/c1-4-20-11-8-17(14-18-9-10-19-3)13-16-7-5-6-15(2)12-16/h5-7,12,17-18H,4,8-11,13-14H2,1-3H3. The predicted molar refractivity (Wildman–Crippen MR) is 90.7 cm³/mol. The number of nitrogens with one attached hydrogen (secondary N) is 1. The summed E-state index contributed by atoms with van der Waals surface area (Å²) in [4.78, 5) is 0. The molecule has 0 heterocycles. The molecule has 1 unspecified atom stereocenters. The normalized spacial score (nSPS) is 12.6. The smallest absolute Gasteiger partial charge is 0.0587 e. The lowest BCUT2D eigenvalue weighted by Crippen LogP contribution is -2.27. The van der Waals surface area contributed by atoms with Crippen LogP contribution in [0.2, 0.25) is 0 Å². The minimum atomic E-state index is 0.715. The van der Waals surface area contributed by atoms with Crippen LogP contribution in [-0.2, 0) is 11.2 Å². The van der Waals surface area contributed by atoms with E-state index in [4.69, 9.17) is 4.74 Å². The van der Waals surface area contributed by atoms with E-state index in [1.54, 1.807) is 7.11 Å². The molecular weight excluding hydrogens is 266 g/mol. The second-order valence-corrected chi connectivity index (χ2v) is 6.64. The van der Waals surface area contributed by atoms with Crippen LogP contribution in [0.5, 0.6) is 0 Å². The molecule has 0 aliphatic heterocycles. The number of methoxy groups -OCH3 is 1. The molecule has 114 valence electrons. The van der Waals surface area contributed by atoms with E-state index in [0.29, 0.717) is 5.92 Å². The van der Waals surface area contributed by atoms with Gasteiger partial charge in [-0.15, -0.1) is 0 Å². The Bertz CT molecular complexity index is 357. The molecule has 1 N–H and O–H groups in total. The molecule has 1 aromatic rings. The lowest BCUT2D eigenvalue weighted by atomic mass is 9.96. The monoisotopic (exact) mass is 295 g/mol. The molecule has 20 heavy (non-hydrogen) atoms. The maximum absolute atomic E-state index is 5.09. The Hall–Kier alpha value is -0.510. The van der Waals surface area contributed by atoms with Gasteiger partial charge in [0.05, 0.1) is 6.61 Å². The van der Waals surface area contributed by atoms with Crippen LogP contribution in [0.15, 0.2) is 24.3 Å². The van der Waals surface area contributed by atoms with Crippen molar-refractivity contribution in [2.45, 2.75) is 26.7 Å². The fourth-order valence-electron chi connectivity index (χ4n) is 2.32. The van der Waals surface area contributed by atoms with Crippen LogP contribution in [0.3, 0.4) is 0 Å². The lowest BCUT2D eigenvalue weighted by molar-refractivity contribution is 0.197. The number of hydrogen-bond acceptors (Lipinski definition) is 3. The Balaban J connectivity index is 2.43. The lowest BCUT2D eigenvalue weighted by Gasteiger charge is -2.18. The summed E-state index contributed by atoms with van der Waals surface area (Å²) in [6.45, 7) is 7.23. The fraction of sp³-hybridized carbons (Fsp3) is 0.647. The van der Waals surface area contributed by atoms with E-state index >= 15 is 0 Å². The van der Waals surface area contributed by atoms with Gasteiger partial charge in [-0.1, -0.05) is 36.8 Å². The van der Waals surface area contributed by atoms with Crippen molar-refractivity contribution in [2.24, 2.45) is 5.92 Å². The van der Waals surface area contributed by atoms with E-state index in [1.165, 1.54) is 35.5 Å². The van der Waals surface area contributed by atoms with Crippen molar-refractivity contribution in [3.8, 4) is 0 Å². The second-order valence-electron chi connectivity index (χ2n) is 5.24. The fourth-order valence-corrected chi connectivity index (χ4v) is 3.11. The van der Waals surface area contributed by atoms with Gasteiger partial charge in [0.25, 0.3) is 0 Å². The number of ether oxygens (including phenoxy) is 1. The van der Waals surface area contributed by atoms with E-state index in [0.717, 1.165) is 19.7 Å². The molecule has 1 rings (SSSR count). The van der Waals surface area contributed by atoms with Gasteiger partial charge in [-0.2, -0.15) is 11.8 Å². The Morgan fingerprint density at radius 3 is 2.90 bits per heavy atom. The average molecular weight is 295 g/mol. The largest absolute Gasteiger partial charge is 0.383 e. The van der Waals surface area contributed by atoms with Crippen molar-refractivity contribution in [1.82, 2.24) is 5.32 Å². The van der Waals surface area contributed by atoms with E-state index in [2.05, 4.69) is 43.4 Å². The third kappa shape index (κ3) is 7.93. The van der Waals surface area contributed by atoms with Crippen LogP contribution in [0.4, 0.5) is 0 Å². The quantitative estimate of drug-likeness (QED) is 0.631. The molecule has 0 bridgehead atoms. The van der Waals surface area contributed by atoms with Gasteiger partial charge in [0, 0.05) is 13.7 Å². The summed E-state index contributed by atoms with van der Waals surface area (Å²) in [6, 6.07) is 8.90. The molecule has 0 fully saturated rings. The summed E-state index contributed by atoms with van der Waals surface area (Å²) >= 11 is 2.04. The molecule has 0 radical (unpaired) electrons. The summed E-state index contributed by atoms with van der Waals surface area (Å²) in [5.41, 5.74) is 2.82. The summed E-state index contributed by atoms with van der Waals surface area (Å²) in [5, 5.41) is 3.51. The highest BCUT2D eigenvalue weighted by molar-refractivity contribution is 7.99. The van der Waals surface area contributed by atoms with E-state index < -0.39 is 0 Å². The van der Waals surface area contributed by atoms with Crippen molar-refractivity contribution in [2.75, 3.05) is 38.3 Å². The van der Waals surface area contributed by atoms with Crippen molar-refractivity contribution in [3.05, 3.63) is 35.4 Å². The van der Waals surface area contributed by atoms with Crippen LogP contribution in [0.1, 0.15) is 24.5 Å². The molecule has 0 aliphatic rings. The van der Waals surface area contributed by atoms with Crippen LogP contribution in [-0.4, -0.2) is 38.3 Å². The Labute approximate surface area is 128 Å². The Morgan fingerprint density at radius 2 is 2.20 bits per heavy atom. The molecule has 3 heteroatoms. The van der Waals surface area contributed by atoms with Crippen molar-refractivity contribution < 1.29 is 4.74 Å². The molecule has 0 aliphatic carbocycles. The van der Waals surface area contributed by atoms with Crippen LogP contribution in [0.25, 0.3) is 0 Å². The zero-order valence-corrected chi connectivity index (χ0v) is 14.0. The van der Waals surface area contributed by atoms with Gasteiger partial charge in [-0.05, 0) is 49.3 Å². The number of aryl methyl sites for hydroxylation is 1. The third-order valence-corrected chi connectivity index (χ3v) is 4.33. The molecule has 1 atom stereocenters. The first-order chi connectivity index (χ1) is 9.76. The van der Waals surface area contributed by atoms with Gasteiger partial charge >= 0.3 is 0 Å². The molecule has 0 saturated carbocycles. The minimum absolute atomic E-state index is 0.715. The minimum Gasteiger partial charge on any atom is -0.383 e. The van der Waals surface area contributed by atoms with Crippen LogP contribution >= 0.6 is 11.8 Å². The molecular formula is C17H29NOS. The maximum atomic E-state index is 5.09. The zero-order valence-electron chi connectivity index (χ0n) is 13.2. The summed E-state index contributed by atoms with van der Waals surface area (Å²) in [7, 11) is 1.75. The van der Waals surface area contributed by atoms with E-state index in [-0.39, 0.29) is 0 Å². The van der Waals surface area contributed by atoms with Crippen LogP contribution in [0, 0.1) is 12.8 Å². The van der Waals surface area contributed by atoms with Gasteiger partial charge in [-0.25, -0.2) is 0 Å². The van der Waals surface area contributed by atoms with Gasteiger partial charge < -0.3 is 10.1 Å². The summed E-state index contributed by atoms with van der Waals surface area (Å²) in [5.74, 6) is 3.19. The number of benzene rings is 1. The highest BCUT2D eigenvalue weighted by Gasteiger charge is 2.09. The first-order valence-corrected chi connectivity index (χ1v) is 8.74.